The molecule has 0 N–H and O–H groups in total. The Morgan fingerprint density at radius 3 is 2.29 bits per heavy atom. The Bertz CT molecular complexity index is 532. The van der Waals surface area contributed by atoms with Crippen LogP contribution in [0.5, 0.6) is 0 Å². The third-order valence-corrected chi connectivity index (χ3v) is 3.45. The zero-order chi connectivity index (χ0) is 14.9. The minimum absolute atomic E-state index is 0.318. The summed E-state index contributed by atoms with van der Waals surface area (Å²) in [5.41, 5.74) is 2.00. The fraction of sp³-hybridized carbons (Fsp3) is 0.471. The summed E-state index contributed by atoms with van der Waals surface area (Å²) >= 11 is 0. The van der Waals surface area contributed by atoms with Gasteiger partial charge >= 0.3 is 7.12 Å². The van der Waals surface area contributed by atoms with Crippen molar-refractivity contribution >= 4 is 23.5 Å². The highest BCUT2D eigenvalue weighted by atomic mass is 16.6. The van der Waals surface area contributed by atoms with E-state index in [0.717, 1.165) is 55.3 Å². The number of para-hydroxylation sites is 1. The molecule has 0 saturated carbocycles. The van der Waals surface area contributed by atoms with Crippen LogP contribution in [0.4, 0.5) is 0 Å². The van der Waals surface area contributed by atoms with Crippen molar-refractivity contribution in [3.8, 4) is 0 Å². The van der Waals surface area contributed by atoms with E-state index >= 15 is 0 Å². The number of hydrogen-bond acceptors (Lipinski definition) is 3. The monoisotopic (exact) mass is 285 g/mol. The lowest BCUT2D eigenvalue weighted by atomic mass is 9.77. The quantitative estimate of drug-likeness (QED) is 0.521. The smallest absolute Gasteiger partial charge is 0.407 e. The first-order chi connectivity index (χ1) is 10.4. The van der Waals surface area contributed by atoms with Crippen molar-refractivity contribution in [2.45, 2.75) is 39.5 Å². The summed E-state index contributed by atoms with van der Waals surface area (Å²) < 4.78 is 11.9. The zero-order valence-corrected chi connectivity index (χ0v) is 13.0. The summed E-state index contributed by atoms with van der Waals surface area (Å²) in [6.45, 7) is 5.76. The molecule has 1 aromatic heterocycles. The van der Waals surface area contributed by atoms with E-state index in [-0.39, 0.29) is 7.12 Å². The van der Waals surface area contributed by atoms with Crippen LogP contribution in [0.1, 0.15) is 39.5 Å². The van der Waals surface area contributed by atoms with E-state index < -0.39 is 0 Å². The number of hydrogen-bond donors (Lipinski definition) is 0. The molecule has 0 atom stereocenters. The molecule has 112 valence electrons. The van der Waals surface area contributed by atoms with Crippen molar-refractivity contribution < 1.29 is 9.31 Å². The van der Waals surface area contributed by atoms with E-state index in [0.29, 0.717) is 0 Å². The first-order valence-corrected chi connectivity index (χ1v) is 7.93. The predicted octanol–water partition coefficient (Wildman–Crippen LogP) is 3.56. The van der Waals surface area contributed by atoms with E-state index in [4.69, 9.17) is 9.31 Å². The minimum Gasteiger partial charge on any atom is -0.407 e. The van der Waals surface area contributed by atoms with Crippen LogP contribution in [-0.2, 0) is 9.31 Å². The van der Waals surface area contributed by atoms with E-state index in [9.17, 15) is 0 Å². The largest absolute Gasteiger partial charge is 0.496 e. The Kier molecular flexibility index (Phi) is 6.70. The molecule has 4 heteroatoms. The highest BCUT2D eigenvalue weighted by molar-refractivity contribution is 6.64. The van der Waals surface area contributed by atoms with Crippen LogP contribution in [0.2, 0.25) is 0 Å². The first-order valence-electron chi connectivity index (χ1n) is 7.93. The molecule has 0 aliphatic rings. The molecule has 0 unspecified atom stereocenters. The molecule has 0 radical (unpaired) electrons. The van der Waals surface area contributed by atoms with Gasteiger partial charge < -0.3 is 9.31 Å². The lowest BCUT2D eigenvalue weighted by molar-refractivity contribution is 0.202. The number of aromatic nitrogens is 1. The van der Waals surface area contributed by atoms with Crippen LogP contribution in [0, 0.1) is 0 Å². The van der Waals surface area contributed by atoms with Crippen LogP contribution < -0.4 is 5.46 Å². The molecule has 0 amide bonds. The summed E-state index contributed by atoms with van der Waals surface area (Å²) in [6.07, 6.45) is 6.16. The van der Waals surface area contributed by atoms with Gasteiger partial charge in [0.15, 0.2) is 0 Å². The number of fused-ring (bicyclic) bond motifs is 1. The average Bonchev–Trinajstić information content (AvgIpc) is 2.53. The highest BCUT2D eigenvalue weighted by Gasteiger charge is 2.23. The second-order valence-corrected chi connectivity index (χ2v) is 5.20. The van der Waals surface area contributed by atoms with Crippen molar-refractivity contribution in [2.75, 3.05) is 13.2 Å². The molecule has 0 fully saturated rings. The number of benzene rings is 1. The topological polar surface area (TPSA) is 31.4 Å². The van der Waals surface area contributed by atoms with E-state index in [1.807, 2.05) is 18.3 Å². The van der Waals surface area contributed by atoms with Gasteiger partial charge in [0.1, 0.15) is 0 Å². The number of nitrogens with zero attached hydrogens (tertiary/aromatic N) is 1. The van der Waals surface area contributed by atoms with Gasteiger partial charge in [0.05, 0.1) is 5.52 Å². The number of pyridine rings is 1. The second kappa shape index (κ2) is 8.80. The predicted molar refractivity (Wildman–Crippen MR) is 88.9 cm³/mol. The van der Waals surface area contributed by atoms with Crippen molar-refractivity contribution in [1.82, 2.24) is 4.98 Å². The maximum Gasteiger partial charge on any atom is 0.496 e. The molecule has 0 bridgehead atoms. The van der Waals surface area contributed by atoms with Crippen molar-refractivity contribution in [3.63, 3.8) is 0 Å². The minimum atomic E-state index is -0.318. The third-order valence-electron chi connectivity index (χ3n) is 3.45. The molecule has 0 aliphatic carbocycles. The van der Waals surface area contributed by atoms with E-state index in [1.165, 1.54) is 0 Å². The number of rotatable bonds is 9. The Morgan fingerprint density at radius 1 is 0.952 bits per heavy atom. The van der Waals surface area contributed by atoms with Gasteiger partial charge in [-0.05, 0) is 24.3 Å². The maximum atomic E-state index is 5.96. The molecule has 1 aromatic carbocycles. The van der Waals surface area contributed by atoms with Crippen molar-refractivity contribution in [1.29, 1.82) is 0 Å². The van der Waals surface area contributed by atoms with Gasteiger partial charge in [-0.3, -0.25) is 4.98 Å². The summed E-state index contributed by atoms with van der Waals surface area (Å²) in [4.78, 5) is 4.50. The standard InChI is InChI=1S/C17H24BNO2/c1-3-5-13-20-18(21-14-6-4-2)16-11-7-9-15-10-8-12-19-17(15)16/h7-12H,3-6,13-14H2,1-2H3. The molecule has 2 aromatic rings. The van der Waals surface area contributed by atoms with Crippen molar-refractivity contribution in [3.05, 3.63) is 36.5 Å². The third kappa shape index (κ3) is 4.55. The summed E-state index contributed by atoms with van der Waals surface area (Å²) in [5.74, 6) is 0. The fourth-order valence-corrected chi connectivity index (χ4v) is 2.22. The maximum absolute atomic E-state index is 5.96. The van der Waals surface area contributed by atoms with Crippen LogP contribution in [-0.4, -0.2) is 25.3 Å². The Hall–Kier alpha value is -1.39. The van der Waals surface area contributed by atoms with E-state index in [2.05, 4.69) is 37.0 Å². The molecule has 0 aliphatic heterocycles. The molecule has 3 nitrogen and oxygen atoms in total. The van der Waals surface area contributed by atoms with Crippen LogP contribution in [0.25, 0.3) is 10.9 Å². The Morgan fingerprint density at radius 2 is 1.62 bits per heavy atom. The Balaban J connectivity index is 2.19. The van der Waals surface area contributed by atoms with Gasteiger partial charge in [0.2, 0.25) is 0 Å². The lowest BCUT2D eigenvalue weighted by Crippen LogP contribution is -2.38. The second-order valence-electron chi connectivity index (χ2n) is 5.20. The first kappa shape index (κ1) is 16.0. The van der Waals surface area contributed by atoms with Gasteiger partial charge in [-0.25, -0.2) is 0 Å². The van der Waals surface area contributed by atoms with Crippen LogP contribution in [0.15, 0.2) is 36.5 Å². The molecular weight excluding hydrogens is 261 g/mol. The highest BCUT2D eigenvalue weighted by Crippen LogP contribution is 2.10. The number of unbranched alkanes of at least 4 members (excludes halogenated alkanes) is 2. The molecular formula is C17H24BNO2. The van der Waals surface area contributed by atoms with Crippen molar-refractivity contribution in [2.24, 2.45) is 0 Å². The summed E-state index contributed by atoms with van der Waals surface area (Å²) in [5, 5.41) is 1.12. The fourth-order valence-electron chi connectivity index (χ4n) is 2.22. The molecule has 0 saturated heterocycles. The van der Waals surface area contributed by atoms with Crippen LogP contribution >= 0.6 is 0 Å². The van der Waals surface area contributed by atoms with Gasteiger partial charge in [0, 0.05) is 24.9 Å². The average molecular weight is 285 g/mol. The molecule has 1 heterocycles. The molecule has 0 spiro atoms. The molecule has 2 rings (SSSR count). The van der Waals surface area contributed by atoms with Gasteiger partial charge in [-0.2, -0.15) is 0 Å². The van der Waals surface area contributed by atoms with Gasteiger partial charge in [0.25, 0.3) is 0 Å². The van der Waals surface area contributed by atoms with Gasteiger partial charge in [-0.15, -0.1) is 0 Å². The lowest BCUT2D eigenvalue weighted by Gasteiger charge is -2.16. The SMILES string of the molecule is CCCCOB(OCCCC)c1cccc2cccnc12. The van der Waals surface area contributed by atoms with Gasteiger partial charge in [-0.1, -0.05) is 51.0 Å². The zero-order valence-electron chi connectivity index (χ0n) is 13.0. The summed E-state index contributed by atoms with van der Waals surface area (Å²) in [7, 11) is -0.318. The summed E-state index contributed by atoms with van der Waals surface area (Å²) in [6, 6.07) is 10.2. The normalized spacial score (nSPS) is 11.0. The Labute approximate surface area is 127 Å². The molecule has 21 heavy (non-hydrogen) atoms. The van der Waals surface area contributed by atoms with E-state index in [1.54, 1.807) is 0 Å². The van der Waals surface area contributed by atoms with Crippen LogP contribution in [0.3, 0.4) is 0 Å².